The number of rotatable bonds is 7. The number of hydrogen-bond donors (Lipinski definition) is 1. The van der Waals surface area contributed by atoms with Crippen molar-refractivity contribution < 1.29 is 19.1 Å². The van der Waals surface area contributed by atoms with Crippen molar-refractivity contribution in [1.29, 1.82) is 0 Å². The molecule has 0 spiro atoms. The van der Waals surface area contributed by atoms with Crippen LogP contribution in [0.25, 0.3) is 0 Å². The first-order valence-corrected chi connectivity index (χ1v) is 11.3. The molecule has 0 saturated carbocycles. The van der Waals surface area contributed by atoms with Crippen molar-refractivity contribution in [3.63, 3.8) is 0 Å². The molecule has 0 atom stereocenters. The third-order valence-corrected chi connectivity index (χ3v) is 6.30. The maximum atomic E-state index is 13.5. The minimum Gasteiger partial charge on any atom is -0.497 e. The van der Waals surface area contributed by atoms with Crippen LogP contribution < -0.4 is 19.7 Å². The van der Waals surface area contributed by atoms with Crippen LogP contribution in [0.3, 0.4) is 0 Å². The average molecular weight is 501 g/mol. The molecule has 2 amide bonds. The Kier molecular flexibility index (Phi) is 6.83. The van der Waals surface area contributed by atoms with E-state index in [1.807, 2.05) is 30.3 Å². The standard InChI is InChI=1S/C24H18Cl2N2O4S/c1-31-17-8-9-20(32-2)19(13-17)27-21-22(33-18-6-4-3-5-7-18)24(30)28(23(21)29)16-11-14(25)10-15(26)12-16/h3-13,27H,1-2H3. The zero-order chi connectivity index (χ0) is 23.5. The second-order valence-electron chi connectivity index (χ2n) is 6.88. The molecule has 6 nitrogen and oxygen atoms in total. The lowest BCUT2D eigenvalue weighted by Crippen LogP contribution is -2.32. The van der Waals surface area contributed by atoms with Gasteiger partial charge in [-0.25, -0.2) is 4.90 Å². The topological polar surface area (TPSA) is 67.9 Å². The Morgan fingerprint density at radius 1 is 0.848 bits per heavy atom. The number of halogens is 2. The molecule has 1 aliphatic rings. The molecule has 33 heavy (non-hydrogen) atoms. The van der Waals surface area contributed by atoms with Crippen LogP contribution in [0, 0.1) is 0 Å². The van der Waals surface area contributed by atoms with Crippen molar-refractivity contribution >= 4 is 58.2 Å². The van der Waals surface area contributed by atoms with Crippen LogP contribution in [0.15, 0.2) is 82.2 Å². The second-order valence-corrected chi connectivity index (χ2v) is 8.84. The van der Waals surface area contributed by atoms with Gasteiger partial charge in [-0.1, -0.05) is 53.2 Å². The molecule has 4 rings (SSSR count). The Bertz CT molecular complexity index is 1240. The zero-order valence-corrected chi connectivity index (χ0v) is 19.9. The Morgan fingerprint density at radius 2 is 1.55 bits per heavy atom. The van der Waals surface area contributed by atoms with Crippen molar-refractivity contribution in [2.75, 3.05) is 24.4 Å². The highest BCUT2D eigenvalue weighted by atomic mass is 35.5. The van der Waals surface area contributed by atoms with E-state index in [4.69, 9.17) is 32.7 Å². The summed E-state index contributed by atoms with van der Waals surface area (Å²) in [5, 5.41) is 3.71. The number of nitrogens with one attached hydrogen (secondary N) is 1. The predicted molar refractivity (Wildman–Crippen MR) is 131 cm³/mol. The highest BCUT2D eigenvalue weighted by Gasteiger charge is 2.40. The fourth-order valence-corrected chi connectivity index (χ4v) is 4.73. The quantitative estimate of drug-likeness (QED) is 0.401. The van der Waals surface area contributed by atoms with Gasteiger partial charge in [-0.3, -0.25) is 9.59 Å². The Hall–Kier alpha value is -3.13. The van der Waals surface area contributed by atoms with E-state index in [9.17, 15) is 9.59 Å². The van der Waals surface area contributed by atoms with Crippen LogP contribution in [0.2, 0.25) is 10.0 Å². The van der Waals surface area contributed by atoms with Gasteiger partial charge in [0.05, 0.1) is 25.6 Å². The van der Waals surface area contributed by atoms with Gasteiger partial charge in [-0.05, 0) is 42.5 Å². The summed E-state index contributed by atoms with van der Waals surface area (Å²) in [5.74, 6) is 0.0152. The molecule has 0 aliphatic carbocycles. The maximum absolute atomic E-state index is 13.5. The van der Waals surface area contributed by atoms with Gasteiger partial charge in [0, 0.05) is 21.0 Å². The molecule has 0 aromatic heterocycles. The van der Waals surface area contributed by atoms with E-state index >= 15 is 0 Å². The van der Waals surface area contributed by atoms with Gasteiger partial charge >= 0.3 is 0 Å². The van der Waals surface area contributed by atoms with Gasteiger partial charge < -0.3 is 14.8 Å². The van der Waals surface area contributed by atoms with Gasteiger partial charge in [0.15, 0.2) is 0 Å². The molecule has 3 aromatic rings. The summed E-state index contributed by atoms with van der Waals surface area (Å²) in [4.78, 5) is 29.1. The van der Waals surface area contributed by atoms with Crippen molar-refractivity contribution in [2.24, 2.45) is 0 Å². The number of ether oxygens (including phenoxy) is 2. The largest absolute Gasteiger partial charge is 0.497 e. The lowest BCUT2D eigenvalue weighted by atomic mass is 10.2. The molecular formula is C24H18Cl2N2O4S. The number of nitrogens with zero attached hydrogens (tertiary/aromatic N) is 1. The molecule has 168 valence electrons. The van der Waals surface area contributed by atoms with Crippen molar-refractivity contribution in [3.8, 4) is 11.5 Å². The SMILES string of the molecule is COc1ccc(OC)c(NC2=C(Sc3ccccc3)C(=O)N(c3cc(Cl)cc(Cl)c3)C2=O)c1. The van der Waals surface area contributed by atoms with Gasteiger partial charge in [-0.15, -0.1) is 0 Å². The van der Waals surface area contributed by atoms with Crippen molar-refractivity contribution in [1.82, 2.24) is 0 Å². The monoisotopic (exact) mass is 500 g/mol. The maximum Gasteiger partial charge on any atom is 0.283 e. The lowest BCUT2D eigenvalue weighted by molar-refractivity contribution is -0.120. The third-order valence-electron chi connectivity index (χ3n) is 4.78. The van der Waals surface area contributed by atoms with Crippen LogP contribution in [-0.4, -0.2) is 26.0 Å². The molecule has 0 bridgehead atoms. The smallest absolute Gasteiger partial charge is 0.283 e. The van der Waals surface area contributed by atoms with E-state index in [0.717, 1.165) is 9.80 Å². The number of thioether (sulfide) groups is 1. The first-order chi connectivity index (χ1) is 15.9. The molecular weight excluding hydrogens is 483 g/mol. The van der Waals surface area contributed by atoms with Gasteiger partial charge in [0.2, 0.25) is 0 Å². The number of carbonyl (C=O) groups excluding carboxylic acids is 2. The number of anilines is 2. The van der Waals surface area contributed by atoms with Crippen molar-refractivity contribution in [3.05, 3.63) is 87.4 Å². The molecule has 0 fully saturated rings. The van der Waals surface area contributed by atoms with Crippen LogP contribution >= 0.6 is 35.0 Å². The van der Waals surface area contributed by atoms with Gasteiger partial charge in [-0.2, -0.15) is 0 Å². The Labute approximate surface area is 205 Å². The number of hydrogen-bond acceptors (Lipinski definition) is 6. The molecule has 0 unspecified atom stereocenters. The predicted octanol–water partition coefficient (Wildman–Crippen LogP) is 6.00. The first kappa shape index (κ1) is 23.0. The molecule has 0 saturated heterocycles. The second kappa shape index (κ2) is 9.79. The molecule has 9 heteroatoms. The molecule has 0 radical (unpaired) electrons. The normalized spacial score (nSPS) is 13.5. The summed E-state index contributed by atoms with van der Waals surface area (Å²) < 4.78 is 10.7. The van der Waals surface area contributed by atoms with E-state index in [0.29, 0.717) is 27.2 Å². The molecule has 1 aliphatic heterocycles. The van der Waals surface area contributed by atoms with Gasteiger partial charge in [0.1, 0.15) is 22.1 Å². The molecule has 1 heterocycles. The van der Waals surface area contributed by atoms with E-state index in [2.05, 4.69) is 5.32 Å². The van der Waals surface area contributed by atoms with E-state index in [1.54, 1.807) is 18.2 Å². The Morgan fingerprint density at radius 3 is 2.18 bits per heavy atom. The zero-order valence-electron chi connectivity index (χ0n) is 17.6. The fourth-order valence-electron chi connectivity index (χ4n) is 3.27. The minimum atomic E-state index is -0.540. The summed E-state index contributed by atoms with van der Waals surface area (Å²) in [5.41, 5.74) is 0.865. The summed E-state index contributed by atoms with van der Waals surface area (Å²) in [6.45, 7) is 0. The van der Waals surface area contributed by atoms with Crippen LogP contribution in [0.4, 0.5) is 11.4 Å². The highest BCUT2D eigenvalue weighted by molar-refractivity contribution is 8.04. The molecule has 1 N–H and O–H groups in total. The third kappa shape index (κ3) is 4.80. The summed E-state index contributed by atoms with van der Waals surface area (Å²) in [7, 11) is 3.05. The number of imide groups is 1. The van der Waals surface area contributed by atoms with E-state index in [-0.39, 0.29) is 16.3 Å². The number of methoxy groups -OCH3 is 2. The van der Waals surface area contributed by atoms with Crippen LogP contribution in [-0.2, 0) is 9.59 Å². The van der Waals surface area contributed by atoms with E-state index in [1.165, 1.54) is 44.2 Å². The summed E-state index contributed by atoms with van der Waals surface area (Å²) in [6.07, 6.45) is 0. The number of benzene rings is 3. The average Bonchev–Trinajstić information content (AvgIpc) is 3.03. The van der Waals surface area contributed by atoms with Crippen LogP contribution in [0.1, 0.15) is 0 Å². The number of carbonyl (C=O) groups is 2. The summed E-state index contributed by atoms with van der Waals surface area (Å²) in [6, 6.07) is 19.0. The lowest BCUT2D eigenvalue weighted by Gasteiger charge is -2.17. The highest BCUT2D eigenvalue weighted by Crippen LogP contribution is 2.40. The van der Waals surface area contributed by atoms with Crippen LogP contribution in [0.5, 0.6) is 11.5 Å². The first-order valence-electron chi connectivity index (χ1n) is 9.72. The minimum absolute atomic E-state index is 0.108. The Balaban J connectivity index is 1.80. The fraction of sp³-hybridized carbons (Fsp3) is 0.0833. The summed E-state index contributed by atoms with van der Waals surface area (Å²) >= 11 is 13.4. The van der Waals surface area contributed by atoms with E-state index < -0.39 is 11.8 Å². The number of amides is 2. The van der Waals surface area contributed by atoms with Gasteiger partial charge in [0.25, 0.3) is 11.8 Å². The van der Waals surface area contributed by atoms with Crippen molar-refractivity contribution in [2.45, 2.75) is 4.90 Å². The molecule has 3 aromatic carbocycles.